The number of likely N-dealkylation sites (N-methyl/N-ethyl adjacent to an activating group) is 1. The number of pyridine rings is 1. The number of allylic oxidation sites excluding steroid dienone is 1. The summed E-state index contributed by atoms with van der Waals surface area (Å²) in [7, 11) is 6.80. The molecule has 0 saturated carbocycles. The number of hydrogen-bond donors (Lipinski definition) is 6. The Bertz CT molecular complexity index is 1530. The van der Waals surface area contributed by atoms with Crippen LogP contribution in [0.15, 0.2) is 53.3 Å². The second-order valence-corrected chi connectivity index (χ2v) is 11.2. The summed E-state index contributed by atoms with van der Waals surface area (Å²) < 4.78 is 0. The van der Waals surface area contributed by atoms with Crippen molar-refractivity contribution in [3.8, 4) is 5.75 Å². The molecule has 0 aliphatic heterocycles. The van der Waals surface area contributed by atoms with Crippen molar-refractivity contribution in [2.75, 3.05) is 38.4 Å². The summed E-state index contributed by atoms with van der Waals surface area (Å²) in [6.07, 6.45) is 3.55. The predicted molar refractivity (Wildman–Crippen MR) is 150 cm³/mol. The van der Waals surface area contributed by atoms with Crippen LogP contribution in [0, 0.1) is 11.8 Å². The number of benzene rings is 1. The molecule has 12 heteroatoms. The van der Waals surface area contributed by atoms with Gasteiger partial charge in [-0.2, -0.15) is 0 Å². The van der Waals surface area contributed by atoms with Crippen molar-refractivity contribution in [2.45, 2.75) is 31.0 Å². The topological polar surface area (TPSA) is 190 Å². The first kappa shape index (κ1) is 28.1. The second kappa shape index (κ2) is 9.89. The average Bonchev–Trinajstić information content (AvgIpc) is 2.90. The largest absolute Gasteiger partial charge is 0.510 e. The van der Waals surface area contributed by atoms with Crippen molar-refractivity contribution in [3.05, 3.63) is 69.9 Å². The molecular weight excluding hydrogens is 530 g/mol. The summed E-state index contributed by atoms with van der Waals surface area (Å²) >= 11 is 0. The number of aromatic hydroxyl groups is 1. The fraction of sp³-hybridized carbons (Fsp3) is 0.379. The van der Waals surface area contributed by atoms with Gasteiger partial charge >= 0.3 is 0 Å². The van der Waals surface area contributed by atoms with Crippen LogP contribution in [-0.2, 0) is 22.6 Å². The molecule has 7 N–H and O–H groups in total. The van der Waals surface area contributed by atoms with Gasteiger partial charge in [-0.05, 0) is 56.1 Å². The van der Waals surface area contributed by atoms with E-state index < -0.39 is 58.0 Å². The van der Waals surface area contributed by atoms with E-state index in [1.165, 1.54) is 4.90 Å². The van der Waals surface area contributed by atoms with Gasteiger partial charge in [-0.25, -0.2) is 0 Å². The van der Waals surface area contributed by atoms with E-state index in [9.17, 15) is 34.8 Å². The average molecular weight is 564 g/mol. The molecule has 41 heavy (non-hydrogen) atoms. The lowest BCUT2D eigenvalue weighted by Crippen LogP contribution is -2.63. The number of carbonyl (C=O) groups excluding carboxylic acids is 3. The van der Waals surface area contributed by atoms with Crippen molar-refractivity contribution >= 4 is 28.8 Å². The molecule has 216 valence electrons. The number of fused-ring (bicyclic) bond motifs is 3. The predicted octanol–water partition coefficient (Wildman–Crippen LogP) is 1.19. The Morgan fingerprint density at radius 1 is 1.20 bits per heavy atom. The monoisotopic (exact) mass is 563 g/mol. The molecule has 1 aromatic carbocycles. The number of amides is 1. The van der Waals surface area contributed by atoms with Gasteiger partial charge in [-0.3, -0.25) is 24.3 Å². The Kier molecular flexibility index (Phi) is 6.79. The molecule has 0 bridgehead atoms. The minimum atomic E-state index is -2.68. The smallest absolute Gasteiger partial charge is 0.255 e. The first-order valence-electron chi connectivity index (χ1n) is 13.1. The van der Waals surface area contributed by atoms with Crippen LogP contribution in [0.4, 0.5) is 11.4 Å². The summed E-state index contributed by atoms with van der Waals surface area (Å²) in [6, 6.07) is 4.34. The van der Waals surface area contributed by atoms with Crippen molar-refractivity contribution in [1.82, 2.24) is 9.88 Å². The third-order valence-electron chi connectivity index (χ3n) is 8.39. The number of nitrogens with one attached hydrogen (secondary N) is 1. The molecule has 0 spiro atoms. The molecule has 4 atom stereocenters. The van der Waals surface area contributed by atoms with E-state index in [0.29, 0.717) is 17.8 Å². The van der Waals surface area contributed by atoms with Crippen LogP contribution in [0.5, 0.6) is 5.75 Å². The highest BCUT2D eigenvalue weighted by Crippen LogP contribution is 2.53. The SMILES string of the molecule is CN(C)c1cc(NCc2cccnc2)c(O)c2c1C[C@H]1C[C@H]3[C@H](N(C)C)C(O)=C(C(N)=O)C(=O)[C@@]3(O)C(O)=C1C2=O. The lowest BCUT2D eigenvalue weighted by molar-refractivity contribution is -0.148. The number of anilines is 2. The molecular formula is C29H33N5O7. The normalized spacial score (nSPS) is 25.6. The van der Waals surface area contributed by atoms with Gasteiger partial charge in [0.1, 0.15) is 22.8 Å². The first-order valence-corrected chi connectivity index (χ1v) is 13.1. The van der Waals surface area contributed by atoms with Crippen LogP contribution in [0.2, 0.25) is 0 Å². The fourth-order valence-electron chi connectivity index (χ4n) is 6.53. The Labute approximate surface area is 236 Å². The quantitative estimate of drug-likeness (QED) is 0.219. The van der Waals surface area contributed by atoms with E-state index >= 15 is 0 Å². The standard InChI is InChI=1S/C29H33N5O7/c1-33(2)18-10-17(32-12-13-6-5-7-31-11-13)23(35)20-15(18)8-14-9-16-22(34(3)4)25(37)21(28(30)40)27(39)29(16,41)26(38)19(14)24(20)36/h5-7,10-11,14,16,22,32,35,37-38,41H,8-9,12H2,1-4H3,(H2,30,40)/t14-,16-,22-,29-/m0/s1. The summed E-state index contributed by atoms with van der Waals surface area (Å²) in [4.78, 5) is 47.1. The maximum absolute atomic E-state index is 14.1. The summed E-state index contributed by atoms with van der Waals surface area (Å²) in [5.41, 5.74) is 3.97. The number of aliphatic hydroxyl groups is 3. The van der Waals surface area contributed by atoms with Gasteiger partial charge in [-0.1, -0.05) is 6.07 Å². The molecule has 0 unspecified atom stereocenters. The maximum atomic E-state index is 14.1. The number of aliphatic hydroxyl groups excluding tert-OH is 2. The molecule has 2 aromatic rings. The van der Waals surface area contributed by atoms with Crippen molar-refractivity contribution in [1.29, 1.82) is 0 Å². The Balaban J connectivity index is 1.66. The number of rotatable bonds is 6. The van der Waals surface area contributed by atoms with Gasteiger partial charge < -0.3 is 36.4 Å². The van der Waals surface area contributed by atoms with Crippen LogP contribution in [0.3, 0.4) is 0 Å². The number of carbonyl (C=O) groups is 3. The molecule has 1 aromatic heterocycles. The number of aromatic nitrogens is 1. The van der Waals surface area contributed by atoms with E-state index in [2.05, 4.69) is 10.3 Å². The zero-order valence-electron chi connectivity index (χ0n) is 23.2. The number of primary amides is 1. The van der Waals surface area contributed by atoms with Crippen LogP contribution in [0.1, 0.15) is 27.9 Å². The summed E-state index contributed by atoms with van der Waals surface area (Å²) in [6.45, 7) is 0.311. The second-order valence-electron chi connectivity index (χ2n) is 11.2. The van der Waals surface area contributed by atoms with Crippen LogP contribution in [-0.4, -0.2) is 87.6 Å². The van der Waals surface area contributed by atoms with Crippen LogP contribution < -0.4 is 16.0 Å². The van der Waals surface area contributed by atoms with E-state index in [0.717, 1.165) is 5.56 Å². The van der Waals surface area contributed by atoms with Crippen molar-refractivity contribution < 1.29 is 34.8 Å². The van der Waals surface area contributed by atoms with E-state index in [-0.39, 0.29) is 35.4 Å². The summed E-state index contributed by atoms with van der Waals surface area (Å²) in [5.74, 6) is -6.81. The number of nitrogens with zero attached hydrogens (tertiary/aromatic N) is 3. The van der Waals surface area contributed by atoms with E-state index in [1.807, 2.05) is 11.0 Å². The maximum Gasteiger partial charge on any atom is 0.255 e. The third kappa shape index (κ3) is 4.13. The zero-order chi connectivity index (χ0) is 30.0. The van der Waals surface area contributed by atoms with E-state index in [1.54, 1.807) is 52.7 Å². The highest BCUT2D eigenvalue weighted by molar-refractivity contribution is 6.25. The zero-order valence-corrected chi connectivity index (χ0v) is 23.2. The van der Waals surface area contributed by atoms with Crippen LogP contribution in [0.25, 0.3) is 0 Å². The van der Waals surface area contributed by atoms with Gasteiger partial charge in [0.2, 0.25) is 5.78 Å². The van der Waals surface area contributed by atoms with Crippen molar-refractivity contribution in [2.24, 2.45) is 17.6 Å². The third-order valence-corrected chi connectivity index (χ3v) is 8.39. The highest BCUT2D eigenvalue weighted by Gasteiger charge is 2.63. The Morgan fingerprint density at radius 2 is 1.90 bits per heavy atom. The summed E-state index contributed by atoms with van der Waals surface area (Å²) in [5, 5.41) is 48.6. The van der Waals surface area contributed by atoms with E-state index in [4.69, 9.17) is 5.73 Å². The number of Topliss-reactive ketones (excluding diaryl/α,β-unsaturated/α-hetero) is 2. The molecule has 3 aliphatic carbocycles. The van der Waals surface area contributed by atoms with Gasteiger partial charge in [0, 0.05) is 50.2 Å². The molecule has 0 radical (unpaired) electrons. The number of hydrogen-bond acceptors (Lipinski definition) is 11. The molecule has 5 rings (SSSR count). The number of ketones is 2. The van der Waals surface area contributed by atoms with Gasteiger partial charge in [-0.15, -0.1) is 0 Å². The lowest BCUT2D eigenvalue weighted by atomic mass is 9.58. The van der Waals surface area contributed by atoms with Gasteiger partial charge in [0.25, 0.3) is 5.91 Å². The van der Waals surface area contributed by atoms with Crippen molar-refractivity contribution in [3.63, 3.8) is 0 Å². The van der Waals surface area contributed by atoms with Crippen LogP contribution >= 0.6 is 0 Å². The number of nitrogens with two attached hydrogens (primary N) is 1. The van der Waals surface area contributed by atoms with Gasteiger partial charge in [0.05, 0.1) is 17.3 Å². The fourth-order valence-corrected chi connectivity index (χ4v) is 6.53. The number of phenols is 1. The minimum Gasteiger partial charge on any atom is -0.510 e. The Morgan fingerprint density at radius 3 is 2.49 bits per heavy atom. The molecule has 0 fully saturated rings. The highest BCUT2D eigenvalue weighted by atomic mass is 16.3. The minimum absolute atomic E-state index is 0.0282. The molecule has 0 saturated heterocycles. The number of phenolic OH excluding ortho intramolecular Hbond substituents is 1. The first-order chi connectivity index (χ1) is 19.3. The lowest BCUT2D eigenvalue weighted by Gasteiger charge is -2.50. The van der Waals surface area contributed by atoms with Gasteiger partial charge in [0.15, 0.2) is 11.4 Å². The molecule has 3 aliphatic rings. The molecule has 1 amide bonds. The molecule has 12 nitrogen and oxygen atoms in total. The molecule has 1 heterocycles. The Hall–Kier alpha value is -4.42.